The molecule has 0 N–H and O–H groups in total. The van der Waals surface area contributed by atoms with E-state index in [-0.39, 0.29) is 17.5 Å². The maximum Gasteiger partial charge on any atom is 0.270 e. The van der Waals surface area contributed by atoms with Gasteiger partial charge in [-0.25, -0.2) is 8.42 Å². The molecule has 1 unspecified atom stereocenters. The molecule has 1 aliphatic rings. The zero-order chi connectivity index (χ0) is 16.6. The molecule has 5 nitrogen and oxygen atoms in total. The van der Waals surface area contributed by atoms with Gasteiger partial charge in [0.15, 0.2) is 15.4 Å². The normalized spacial score (nSPS) is 20.8. The third-order valence-corrected chi connectivity index (χ3v) is 6.28. The third kappa shape index (κ3) is 3.67. The highest BCUT2D eigenvalue weighted by atomic mass is 32.2. The molecule has 0 spiro atoms. The molecule has 2 heterocycles. The van der Waals surface area contributed by atoms with Gasteiger partial charge in [-0.3, -0.25) is 9.47 Å². The number of nitrogens with zero attached hydrogens (tertiary/aromatic N) is 2. The fraction of sp³-hybridized carbons (Fsp3) is 0.562. The Morgan fingerprint density at radius 1 is 1.39 bits per heavy atom. The molecule has 1 saturated heterocycles. The van der Waals surface area contributed by atoms with Crippen molar-refractivity contribution in [2.45, 2.75) is 33.0 Å². The lowest BCUT2D eigenvalue weighted by atomic mass is 10.1. The summed E-state index contributed by atoms with van der Waals surface area (Å²) in [7, 11) is -2.91. The number of benzene rings is 1. The Balaban J connectivity index is 1.91. The van der Waals surface area contributed by atoms with Crippen molar-refractivity contribution in [3.8, 4) is 0 Å². The van der Waals surface area contributed by atoms with Crippen LogP contribution in [0.4, 0.5) is 0 Å². The molecule has 0 saturated carbocycles. The van der Waals surface area contributed by atoms with Crippen LogP contribution in [0.3, 0.4) is 0 Å². The maximum absolute atomic E-state index is 11.8. The quantitative estimate of drug-likeness (QED) is 0.773. The summed E-state index contributed by atoms with van der Waals surface area (Å²) >= 11 is 5.36. The Labute approximate surface area is 141 Å². The molecule has 0 aliphatic carbocycles. The van der Waals surface area contributed by atoms with Crippen LogP contribution in [0.25, 0.3) is 11.1 Å². The van der Waals surface area contributed by atoms with Crippen LogP contribution in [0.2, 0.25) is 0 Å². The Kier molecular flexibility index (Phi) is 4.62. The molecule has 0 bridgehead atoms. The van der Waals surface area contributed by atoms with Gasteiger partial charge in [0.2, 0.25) is 0 Å². The summed E-state index contributed by atoms with van der Waals surface area (Å²) in [5.41, 5.74) is 1.72. The number of aromatic nitrogens is 1. The first-order chi connectivity index (χ1) is 10.9. The van der Waals surface area contributed by atoms with E-state index >= 15 is 0 Å². The first-order valence-corrected chi connectivity index (χ1v) is 10.1. The third-order valence-electron chi connectivity index (χ3n) is 4.22. The number of fused-ring (bicyclic) bond motifs is 1. The molecule has 126 valence electrons. The molecular weight excluding hydrogens is 332 g/mol. The summed E-state index contributed by atoms with van der Waals surface area (Å²) in [6.45, 7) is 5.68. The minimum absolute atomic E-state index is 0.0537. The molecule has 23 heavy (non-hydrogen) atoms. The van der Waals surface area contributed by atoms with Gasteiger partial charge < -0.3 is 4.42 Å². The minimum atomic E-state index is -2.91. The lowest BCUT2D eigenvalue weighted by Crippen LogP contribution is -2.40. The Bertz CT molecular complexity index is 852. The van der Waals surface area contributed by atoms with E-state index in [4.69, 9.17) is 16.6 Å². The van der Waals surface area contributed by atoms with Crippen LogP contribution in [-0.4, -0.2) is 42.0 Å². The molecule has 0 amide bonds. The SMILES string of the molecule is CC(C)CN(Cn1c(=S)oc2ccccc21)C1CCS(=O)(=O)C1. The first-order valence-electron chi connectivity index (χ1n) is 7.88. The Morgan fingerprint density at radius 3 is 2.78 bits per heavy atom. The van der Waals surface area contributed by atoms with E-state index in [2.05, 4.69) is 18.7 Å². The molecule has 1 aromatic heterocycles. The molecule has 0 radical (unpaired) electrons. The van der Waals surface area contributed by atoms with Crippen LogP contribution in [0.5, 0.6) is 0 Å². The number of hydrogen-bond acceptors (Lipinski definition) is 5. The first kappa shape index (κ1) is 16.7. The van der Waals surface area contributed by atoms with Gasteiger partial charge in [-0.15, -0.1) is 0 Å². The van der Waals surface area contributed by atoms with E-state index in [9.17, 15) is 8.42 Å². The van der Waals surface area contributed by atoms with Crippen LogP contribution >= 0.6 is 12.2 Å². The van der Waals surface area contributed by atoms with Gasteiger partial charge in [0.25, 0.3) is 4.84 Å². The van der Waals surface area contributed by atoms with Crippen LogP contribution in [0.1, 0.15) is 20.3 Å². The molecule has 2 aromatic rings. The molecule has 3 rings (SSSR count). The van der Waals surface area contributed by atoms with E-state index < -0.39 is 9.84 Å². The highest BCUT2D eigenvalue weighted by Crippen LogP contribution is 2.23. The van der Waals surface area contributed by atoms with Gasteiger partial charge in [0, 0.05) is 12.6 Å². The number of sulfone groups is 1. The predicted octanol–water partition coefficient (Wildman–Crippen LogP) is 3.07. The summed E-state index contributed by atoms with van der Waals surface area (Å²) < 4.78 is 31.3. The van der Waals surface area contributed by atoms with Crippen molar-refractivity contribution in [3.05, 3.63) is 29.1 Å². The van der Waals surface area contributed by atoms with E-state index in [1.54, 1.807) is 0 Å². The number of para-hydroxylation sites is 2. The van der Waals surface area contributed by atoms with E-state index in [0.717, 1.165) is 17.6 Å². The van der Waals surface area contributed by atoms with Gasteiger partial charge in [0.1, 0.15) is 0 Å². The summed E-state index contributed by atoms with van der Waals surface area (Å²) in [5.74, 6) is 0.970. The Morgan fingerprint density at radius 2 is 2.13 bits per heavy atom. The molecule has 1 atom stereocenters. The van der Waals surface area contributed by atoms with Gasteiger partial charge in [-0.05, 0) is 36.7 Å². The smallest absolute Gasteiger partial charge is 0.270 e. The summed E-state index contributed by atoms with van der Waals surface area (Å²) in [6.07, 6.45) is 0.693. The second-order valence-electron chi connectivity index (χ2n) is 6.63. The van der Waals surface area contributed by atoms with Crippen molar-refractivity contribution in [1.82, 2.24) is 9.47 Å². The highest BCUT2D eigenvalue weighted by Gasteiger charge is 2.32. The zero-order valence-electron chi connectivity index (χ0n) is 13.4. The highest BCUT2D eigenvalue weighted by molar-refractivity contribution is 7.91. The van der Waals surface area contributed by atoms with Crippen molar-refractivity contribution in [3.63, 3.8) is 0 Å². The molecule has 1 aromatic carbocycles. The molecular formula is C16H22N2O3S2. The van der Waals surface area contributed by atoms with Crippen LogP contribution in [0.15, 0.2) is 28.7 Å². The fourth-order valence-electron chi connectivity index (χ4n) is 3.18. The van der Waals surface area contributed by atoms with Crippen molar-refractivity contribution >= 4 is 33.2 Å². The topological polar surface area (TPSA) is 55.5 Å². The van der Waals surface area contributed by atoms with E-state index in [1.165, 1.54) is 0 Å². The van der Waals surface area contributed by atoms with Crippen molar-refractivity contribution in [2.24, 2.45) is 5.92 Å². The number of hydrogen-bond donors (Lipinski definition) is 0. The van der Waals surface area contributed by atoms with E-state index in [0.29, 0.717) is 23.8 Å². The molecule has 1 aliphatic heterocycles. The lowest BCUT2D eigenvalue weighted by Gasteiger charge is -2.29. The average Bonchev–Trinajstić information content (AvgIpc) is 2.98. The lowest BCUT2D eigenvalue weighted by molar-refractivity contribution is 0.145. The van der Waals surface area contributed by atoms with Crippen LogP contribution in [0, 0.1) is 10.8 Å². The summed E-state index contributed by atoms with van der Waals surface area (Å²) in [5, 5.41) is 0. The van der Waals surface area contributed by atoms with Crippen molar-refractivity contribution < 1.29 is 12.8 Å². The van der Waals surface area contributed by atoms with Gasteiger partial charge in [-0.2, -0.15) is 0 Å². The van der Waals surface area contributed by atoms with Gasteiger partial charge in [-0.1, -0.05) is 26.0 Å². The zero-order valence-corrected chi connectivity index (χ0v) is 15.1. The average molecular weight is 354 g/mol. The molecule has 1 fully saturated rings. The van der Waals surface area contributed by atoms with Crippen molar-refractivity contribution in [2.75, 3.05) is 18.1 Å². The standard InChI is InChI=1S/C16H22N2O3S2/c1-12(2)9-17(13-7-8-23(19,20)10-13)11-18-14-5-3-4-6-15(14)21-16(18)22/h3-6,12-13H,7-11H2,1-2H3. The summed E-state index contributed by atoms with van der Waals surface area (Å²) in [4.78, 5) is 2.66. The van der Waals surface area contributed by atoms with E-state index in [1.807, 2.05) is 28.8 Å². The summed E-state index contributed by atoms with van der Waals surface area (Å²) in [6, 6.07) is 7.80. The van der Waals surface area contributed by atoms with Gasteiger partial charge >= 0.3 is 0 Å². The van der Waals surface area contributed by atoms with Gasteiger partial charge in [0.05, 0.1) is 23.7 Å². The maximum atomic E-state index is 11.8. The monoisotopic (exact) mass is 354 g/mol. The Hall–Kier alpha value is -1.18. The number of oxazole rings is 1. The fourth-order valence-corrected chi connectivity index (χ4v) is 5.19. The second kappa shape index (κ2) is 6.37. The second-order valence-corrected chi connectivity index (χ2v) is 9.21. The number of rotatable bonds is 5. The van der Waals surface area contributed by atoms with Crippen LogP contribution < -0.4 is 0 Å². The van der Waals surface area contributed by atoms with Crippen LogP contribution in [-0.2, 0) is 16.5 Å². The predicted molar refractivity (Wildman–Crippen MR) is 93.6 cm³/mol. The minimum Gasteiger partial charge on any atom is -0.429 e. The largest absolute Gasteiger partial charge is 0.429 e. The van der Waals surface area contributed by atoms with Crippen molar-refractivity contribution in [1.29, 1.82) is 0 Å². The molecule has 7 heteroatoms.